The minimum Gasteiger partial charge on any atom is -0.348 e. The molecule has 14 heavy (non-hydrogen) atoms. The second-order valence-electron chi connectivity index (χ2n) is 3.89. The molecule has 0 saturated carbocycles. The molecule has 72 valence electrons. The normalized spacial score (nSPS) is 43.1. The minimum atomic E-state index is -0.243. The summed E-state index contributed by atoms with van der Waals surface area (Å²) >= 11 is 0. The molecule has 0 aromatic heterocycles. The zero-order valence-corrected chi connectivity index (χ0v) is 7.44. The summed E-state index contributed by atoms with van der Waals surface area (Å²) in [4.78, 5) is 23.2. The van der Waals surface area contributed by atoms with Gasteiger partial charge in [-0.1, -0.05) is 24.3 Å². The lowest BCUT2D eigenvalue weighted by atomic mass is 9.81. The molecule has 2 amide bonds. The Labute approximate surface area is 81.0 Å². The highest BCUT2D eigenvalue weighted by atomic mass is 16.2. The molecule has 4 atom stereocenters. The molecule has 4 heteroatoms. The number of carbonyl (C=O) groups excluding carboxylic acids is 2. The quantitative estimate of drug-likeness (QED) is 0.498. The van der Waals surface area contributed by atoms with Crippen molar-refractivity contribution in [3.8, 4) is 0 Å². The summed E-state index contributed by atoms with van der Waals surface area (Å²) in [6, 6.07) is -0.340. The molecular formula is C10H10N2O2. The predicted octanol–water partition coefficient (Wildman–Crippen LogP) is -0.658. The number of hydrogen-bond donors (Lipinski definition) is 2. The second-order valence-corrected chi connectivity index (χ2v) is 3.89. The van der Waals surface area contributed by atoms with Gasteiger partial charge >= 0.3 is 0 Å². The summed E-state index contributed by atoms with van der Waals surface area (Å²) in [7, 11) is 0. The Morgan fingerprint density at radius 3 is 1.57 bits per heavy atom. The molecule has 0 unspecified atom stereocenters. The van der Waals surface area contributed by atoms with E-state index in [0.717, 1.165) is 0 Å². The Bertz CT molecular complexity index is 336. The predicted molar refractivity (Wildman–Crippen MR) is 49.1 cm³/mol. The van der Waals surface area contributed by atoms with E-state index in [-0.39, 0.29) is 35.7 Å². The lowest BCUT2D eigenvalue weighted by molar-refractivity contribution is -0.131. The van der Waals surface area contributed by atoms with Gasteiger partial charge in [0.05, 0.1) is 23.9 Å². The van der Waals surface area contributed by atoms with Crippen LogP contribution in [-0.4, -0.2) is 23.9 Å². The maximum absolute atomic E-state index is 11.6. The molecule has 0 spiro atoms. The summed E-state index contributed by atoms with van der Waals surface area (Å²) in [6.07, 6.45) is 7.63. The topological polar surface area (TPSA) is 58.2 Å². The Morgan fingerprint density at radius 2 is 1.21 bits per heavy atom. The largest absolute Gasteiger partial charge is 0.348 e. The molecule has 0 aromatic carbocycles. The number of hydrogen-bond acceptors (Lipinski definition) is 2. The highest BCUT2D eigenvalue weighted by molar-refractivity contribution is 5.91. The molecule has 0 aromatic rings. The highest BCUT2D eigenvalue weighted by Gasteiger charge is 2.41. The molecule has 1 saturated heterocycles. The van der Waals surface area contributed by atoms with Gasteiger partial charge in [0.15, 0.2) is 0 Å². The number of carbonyl (C=O) groups is 2. The molecule has 0 radical (unpaired) electrons. The van der Waals surface area contributed by atoms with Crippen molar-refractivity contribution in [1.82, 2.24) is 10.6 Å². The van der Waals surface area contributed by atoms with Gasteiger partial charge in [-0.25, -0.2) is 0 Å². The van der Waals surface area contributed by atoms with Gasteiger partial charge in [0, 0.05) is 0 Å². The van der Waals surface area contributed by atoms with Crippen molar-refractivity contribution in [2.24, 2.45) is 11.8 Å². The van der Waals surface area contributed by atoms with E-state index in [1.807, 2.05) is 24.3 Å². The average Bonchev–Trinajstić information content (AvgIpc) is 2.13. The van der Waals surface area contributed by atoms with Gasteiger partial charge < -0.3 is 10.6 Å². The lowest BCUT2D eigenvalue weighted by Crippen LogP contribution is -2.60. The molecular weight excluding hydrogens is 180 g/mol. The second kappa shape index (κ2) is 2.47. The van der Waals surface area contributed by atoms with Crippen molar-refractivity contribution in [2.75, 3.05) is 0 Å². The Balaban J connectivity index is 2.12. The molecule has 5 heterocycles. The molecule has 6 rings (SSSR count). The summed E-state index contributed by atoms with van der Waals surface area (Å²) in [5, 5.41) is 5.68. The molecule has 6 aliphatic rings. The van der Waals surface area contributed by atoms with Crippen molar-refractivity contribution < 1.29 is 9.59 Å². The van der Waals surface area contributed by atoms with Gasteiger partial charge in [-0.05, 0) is 0 Å². The summed E-state index contributed by atoms with van der Waals surface area (Å²) in [6.45, 7) is 0. The van der Waals surface area contributed by atoms with Crippen molar-refractivity contribution in [1.29, 1.82) is 0 Å². The van der Waals surface area contributed by atoms with Crippen LogP contribution in [0.2, 0.25) is 0 Å². The van der Waals surface area contributed by atoms with Crippen LogP contribution in [0.3, 0.4) is 0 Å². The summed E-state index contributed by atoms with van der Waals surface area (Å²) < 4.78 is 0. The first-order valence-electron chi connectivity index (χ1n) is 4.73. The Hall–Kier alpha value is -1.58. The van der Waals surface area contributed by atoms with Gasteiger partial charge in [-0.15, -0.1) is 0 Å². The van der Waals surface area contributed by atoms with E-state index in [1.54, 1.807) is 0 Å². The van der Waals surface area contributed by atoms with E-state index in [9.17, 15) is 9.59 Å². The van der Waals surface area contributed by atoms with Gasteiger partial charge in [0.25, 0.3) is 0 Å². The molecule has 1 aliphatic carbocycles. The van der Waals surface area contributed by atoms with E-state index in [1.165, 1.54) is 0 Å². The third-order valence-corrected chi connectivity index (χ3v) is 3.05. The Morgan fingerprint density at radius 1 is 0.786 bits per heavy atom. The van der Waals surface area contributed by atoms with Gasteiger partial charge in [-0.2, -0.15) is 0 Å². The van der Waals surface area contributed by atoms with Gasteiger partial charge in [0.1, 0.15) is 0 Å². The Kier molecular flexibility index (Phi) is 1.37. The molecule has 2 N–H and O–H groups in total. The van der Waals surface area contributed by atoms with Crippen LogP contribution in [-0.2, 0) is 9.59 Å². The summed E-state index contributed by atoms with van der Waals surface area (Å²) in [5.41, 5.74) is 0. The fourth-order valence-corrected chi connectivity index (χ4v) is 2.26. The molecule has 4 bridgehead atoms. The van der Waals surface area contributed by atoms with Gasteiger partial charge in [0.2, 0.25) is 11.8 Å². The summed E-state index contributed by atoms with van der Waals surface area (Å²) in [5.74, 6) is -0.464. The molecule has 4 nitrogen and oxygen atoms in total. The maximum Gasteiger partial charge on any atom is 0.229 e. The van der Waals surface area contributed by atoms with Crippen LogP contribution in [0.4, 0.5) is 0 Å². The van der Waals surface area contributed by atoms with E-state index < -0.39 is 0 Å². The number of amides is 2. The molecule has 1 fully saturated rings. The zero-order chi connectivity index (χ0) is 9.71. The fourth-order valence-electron chi connectivity index (χ4n) is 2.26. The van der Waals surface area contributed by atoms with E-state index in [4.69, 9.17) is 0 Å². The van der Waals surface area contributed by atoms with Crippen molar-refractivity contribution in [3.05, 3.63) is 24.3 Å². The third-order valence-electron chi connectivity index (χ3n) is 3.05. The first-order chi connectivity index (χ1) is 6.75. The minimum absolute atomic E-state index is 0.0110. The zero-order valence-electron chi connectivity index (χ0n) is 7.44. The van der Waals surface area contributed by atoms with Crippen LogP contribution in [0.1, 0.15) is 0 Å². The van der Waals surface area contributed by atoms with Crippen molar-refractivity contribution >= 4 is 11.8 Å². The molecule has 5 aliphatic heterocycles. The fraction of sp³-hybridized carbons (Fsp3) is 0.400. The van der Waals surface area contributed by atoms with Crippen LogP contribution < -0.4 is 10.6 Å². The van der Waals surface area contributed by atoms with Gasteiger partial charge in [-0.3, -0.25) is 9.59 Å². The van der Waals surface area contributed by atoms with E-state index in [0.29, 0.717) is 0 Å². The standard InChI is InChI=1S/C10H10N2O2/c13-9-5-1-3-7(11-9)6-2-4-8(5)12-10(6)14/h1-8H,(H,11,13)(H,12,14)/t5-,6-,7-,8+/m1/s1. The van der Waals surface area contributed by atoms with E-state index in [2.05, 4.69) is 10.6 Å². The van der Waals surface area contributed by atoms with Crippen molar-refractivity contribution in [3.63, 3.8) is 0 Å². The number of nitrogens with one attached hydrogen (secondary N) is 2. The maximum atomic E-state index is 11.6. The number of rotatable bonds is 0. The van der Waals surface area contributed by atoms with E-state index >= 15 is 0 Å². The van der Waals surface area contributed by atoms with Crippen LogP contribution in [0.5, 0.6) is 0 Å². The first-order valence-corrected chi connectivity index (χ1v) is 4.73. The van der Waals surface area contributed by atoms with Crippen LogP contribution in [0.25, 0.3) is 0 Å². The third kappa shape index (κ3) is 0.880. The first kappa shape index (κ1) is 7.79. The SMILES string of the molecule is O=C1N[C@@H]2C=C[C@@H]1[C@@H]1C=C[C@H]2C(=O)N1. The van der Waals surface area contributed by atoms with Crippen LogP contribution in [0.15, 0.2) is 24.3 Å². The highest BCUT2D eigenvalue weighted by Crippen LogP contribution is 2.26. The lowest BCUT2D eigenvalue weighted by Gasteiger charge is -2.38. The smallest absolute Gasteiger partial charge is 0.229 e. The van der Waals surface area contributed by atoms with Crippen LogP contribution >= 0.6 is 0 Å². The monoisotopic (exact) mass is 190 g/mol. The van der Waals surface area contributed by atoms with Crippen molar-refractivity contribution in [2.45, 2.75) is 12.1 Å². The average molecular weight is 190 g/mol. The van der Waals surface area contributed by atoms with Crippen LogP contribution in [0, 0.1) is 11.8 Å².